The van der Waals surface area contributed by atoms with Gasteiger partial charge in [-0.2, -0.15) is 0 Å². The van der Waals surface area contributed by atoms with E-state index in [4.69, 9.17) is 0 Å². The second kappa shape index (κ2) is 4.72. The molecule has 15 heavy (non-hydrogen) atoms. The van der Waals surface area contributed by atoms with Crippen LogP contribution in [0, 0.1) is 16.0 Å². The molecule has 0 aliphatic heterocycles. The normalized spacial score (nSPS) is 15.5. The molecule has 1 N–H and O–H groups in total. The minimum Gasteiger partial charge on any atom is -0.313 e. The Morgan fingerprint density at radius 3 is 3.00 bits per heavy atom. The number of nitrogens with one attached hydrogen (secondary N) is 1. The van der Waals surface area contributed by atoms with Gasteiger partial charge < -0.3 is 5.32 Å². The van der Waals surface area contributed by atoms with Gasteiger partial charge in [-0.25, -0.2) is 0 Å². The topological polar surface area (TPSA) is 55.2 Å². The van der Waals surface area contributed by atoms with Crippen molar-refractivity contribution in [2.45, 2.75) is 25.8 Å². The molecule has 1 heterocycles. The number of nitrogens with zero attached hydrogens (tertiary/aromatic N) is 1. The van der Waals surface area contributed by atoms with Crippen LogP contribution in [-0.2, 0) is 6.54 Å². The maximum absolute atomic E-state index is 10.4. The van der Waals surface area contributed by atoms with Crippen LogP contribution in [-0.4, -0.2) is 11.5 Å². The molecule has 0 atom stereocenters. The van der Waals surface area contributed by atoms with Gasteiger partial charge in [0, 0.05) is 18.0 Å². The average Bonchev–Trinajstić information content (AvgIpc) is 2.90. The second-order valence-corrected chi connectivity index (χ2v) is 4.85. The largest absolute Gasteiger partial charge is 0.324 e. The van der Waals surface area contributed by atoms with Gasteiger partial charge in [0.05, 0.1) is 4.92 Å². The molecule has 0 spiro atoms. The predicted molar refractivity (Wildman–Crippen MR) is 60.0 cm³/mol. The standard InChI is InChI=1S/C10H14N2O2S/c13-12(14)10-5-9(7-15-10)6-11-4-3-8-1-2-8/h5,7-8,11H,1-4,6H2. The monoisotopic (exact) mass is 226 g/mol. The minimum atomic E-state index is -0.335. The molecule has 5 heteroatoms. The maximum Gasteiger partial charge on any atom is 0.324 e. The molecule has 1 aliphatic rings. The van der Waals surface area contributed by atoms with Gasteiger partial charge >= 0.3 is 5.00 Å². The average molecular weight is 226 g/mol. The predicted octanol–water partition coefficient (Wildman–Crippen LogP) is 2.55. The molecule has 1 fully saturated rings. The fourth-order valence-corrected chi connectivity index (χ4v) is 2.23. The summed E-state index contributed by atoms with van der Waals surface area (Å²) in [5.41, 5.74) is 1.02. The molecule has 2 rings (SSSR count). The summed E-state index contributed by atoms with van der Waals surface area (Å²) in [6.07, 6.45) is 4.00. The summed E-state index contributed by atoms with van der Waals surface area (Å²) in [6, 6.07) is 1.65. The van der Waals surface area contributed by atoms with Crippen LogP contribution in [0.4, 0.5) is 5.00 Å². The van der Waals surface area contributed by atoms with Gasteiger partial charge in [-0.05, 0) is 24.4 Å². The fourth-order valence-electron chi connectivity index (χ4n) is 1.50. The van der Waals surface area contributed by atoms with E-state index in [9.17, 15) is 10.1 Å². The Balaban J connectivity index is 1.70. The molecular formula is C10H14N2O2S. The van der Waals surface area contributed by atoms with Gasteiger partial charge in [0.15, 0.2) is 0 Å². The van der Waals surface area contributed by atoms with Gasteiger partial charge in [-0.1, -0.05) is 24.2 Å². The number of hydrogen-bond acceptors (Lipinski definition) is 4. The molecule has 0 radical (unpaired) electrons. The number of nitro groups is 1. The number of thiophene rings is 1. The van der Waals surface area contributed by atoms with E-state index in [-0.39, 0.29) is 9.92 Å². The fraction of sp³-hybridized carbons (Fsp3) is 0.600. The lowest BCUT2D eigenvalue weighted by Crippen LogP contribution is -2.14. The Morgan fingerprint density at radius 1 is 1.60 bits per heavy atom. The Bertz CT molecular complexity index is 347. The first-order chi connectivity index (χ1) is 7.25. The lowest BCUT2D eigenvalue weighted by Gasteiger charge is -2.00. The minimum absolute atomic E-state index is 0.231. The lowest BCUT2D eigenvalue weighted by atomic mass is 10.3. The molecule has 0 bridgehead atoms. The van der Waals surface area contributed by atoms with Crippen LogP contribution in [0.3, 0.4) is 0 Å². The number of hydrogen-bond donors (Lipinski definition) is 1. The first-order valence-electron chi connectivity index (χ1n) is 5.18. The van der Waals surface area contributed by atoms with E-state index >= 15 is 0 Å². The summed E-state index contributed by atoms with van der Waals surface area (Å²) < 4.78 is 0. The molecule has 1 aliphatic carbocycles. The zero-order chi connectivity index (χ0) is 10.7. The highest BCUT2D eigenvalue weighted by Gasteiger charge is 2.20. The zero-order valence-corrected chi connectivity index (χ0v) is 9.26. The van der Waals surface area contributed by atoms with Crippen LogP contribution in [0.5, 0.6) is 0 Å². The molecule has 0 aromatic carbocycles. The molecule has 1 saturated carbocycles. The molecule has 0 amide bonds. The summed E-state index contributed by atoms with van der Waals surface area (Å²) in [5.74, 6) is 0.939. The zero-order valence-electron chi connectivity index (χ0n) is 8.44. The second-order valence-electron chi connectivity index (χ2n) is 3.96. The van der Waals surface area contributed by atoms with Crippen molar-refractivity contribution in [3.63, 3.8) is 0 Å². The van der Waals surface area contributed by atoms with Crippen LogP contribution in [0.2, 0.25) is 0 Å². The highest BCUT2D eigenvalue weighted by Crippen LogP contribution is 2.31. The van der Waals surface area contributed by atoms with Crippen molar-refractivity contribution in [1.82, 2.24) is 5.32 Å². The SMILES string of the molecule is O=[N+]([O-])c1cc(CNCCC2CC2)cs1. The third-order valence-electron chi connectivity index (χ3n) is 2.58. The molecule has 0 saturated heterocycles. The molecular weight excluding hydrogens is 212 g/mol. The van der Waals surface area contributed by atoms with Gasteiger partial charge in [-0.3, -0.25) is 10.1 Å². The maximum atomic E-state index is 10.4. The summed E-state index contributed by atoms with van der Waals surface area (Å²) in [6.45, 7) is 1.77. The smallest absolute Gasteiger partial charge is 0.313 e. The molecule has 1 aromatic heterocycles. The van der Waals surface area contributed by atoms with Crippen LogP contribution in [0.15, 0.2) is 11.4 Å². The van der Waals surface area contributed by atoms with Gasteiger partial charge in [0.2, 0.25) is 0 Å². The van der Waals surface area contributed by atoms with E-state index in [1.165, 1.54) is 30.6 Å². The Kier molecular flexibility index (Phi) is 3.33. The Morgan fingerprint density at radius 2 is 2.40 bits per heavy atom. The van der Waals surface area contributed by atoms with Crippen molar-refractivity contribution >= 4 is 16.3 Å². The lowest BCUT2D eigenvalue weighted by molar-refractivity contribution is -0.380. The first kappa shape index (κ1) is 10.6. The van der Waals surface area contributed by atoms with Crippen molar-refractivity contribution in [1.29, 1.82) is 0 Å². The van der Waals surface area contributed by atoms with Crippen LogP contribution >= 0.6 is 11.3 Å². The number of rotatable bonds is 6. The molecule has 4 nitrogen and oxygen atoms in total. The van der Waals surface area contributed by atoms with Crippen molar-refractivity contribution in [3.05, 3.63) is 27.1 Å². The quantitative estimate of drug-likeness (QED) is 0.460. The van der Waals surface area contributed by atoms with Crippen LogP contribution in [0.25, 0.3) is 0 Å². The summed E-state index contributed by atoms with van der Waals surface area (Å²) in [4.78, 5) is 10.1. The summed E-state index contributed by atoms with van der Waals surface area (Å²) >= 11 is 1.20. The summed E-state index contributed by atoms with van der Waals surface area (Å²) in [7, 11) is 0. The Labute approximate surface area is 92.5 Å². The van der Waals surface area contributed by atoms with E-state index in [0.717, 1.165) is 24.6 Å². The van der Waals surface area contributed by atoms with E-state index in [1.54, 1.807) is 6.07 Å². The third kappa shape index (κ3) is 3.28. The van der Waals surface area contributed by atoms with E-state index in [2.05, 4.69) is 5.32 Å². The molecule has 82 valence electrons. The van der Waals surface area contributed by atoms with Crippen LogP contribution < -0.4 is 5.32 Å². The highest BCUT2D eigenvalue weighted by molar-refractivity contribution is 7.13. The Hall–Kier alpha value is -0.940. The third-order valence-corrected chi connectivity index (χ3v) is 3.50. The van der Waals surface area contributed by atoms with E-state index < -0.39 is 0 Å². The van der Waals surface area contributed by atoms with Crippen LogP contribution in [0.1, 0.15) is 24.8 Å². The molecule has 1 aromatic rings. The highest BCUT2D eigenvalue weighted by atomic mass is 32.1. The van der Waals surface area contributed by atoms with Crippen molar-refractivity contribution < 1.29 is 4.92 Å². The van der Waals surface area contributed by atoms with Crippen molar-refractivity contribution in [2.24, 2.45) is 5.92 Å². The van der Waals surface area contributed by atoms with Gasteiger partial charge in [0.25, 0.3) is 0 Å². The van der Waals surface area contributed by atoms with Crippen molar-refractivity contribution in [3.8, 4) is 0 Å². The van der Waals surface area contributed by atoms with Gasteiger partial charge in [-0.15, -0.1) is 0 Å². The van der Waals surface area contributed by atoms with E-state index in [0.29, 0.717) is 0 Å². The van der Waals surface area contributed by atoms with Gasteiger partial charge in [0.1, 0.15) is 0 Å². The first-order valence-corrected chi connectivity index (χ1v) is 6.06. The van der Waals surface area contributed by atoms with Crippen molar-refractivity contribution in [2.75, 3.05) is 6.54 Å². The molecule has 0 unspecified atom stereocenters. The summed E-state index contributed by atoms with van der Waals surface area (Å²) in [5, 5.41) is 15.8. The van der Waals surface area contributed by atoms with E-state index in [1.807, 2.05) is 5.38 Å².